The standard InChI is InChI=1S/C15H26/c1-5-6-7-9-13-10-8-11-14(13)12-15(2,3)4/h10-11H,5-9,12H2,1-4H3. The molecule has 0 aliphatic heterocycles. The Hall–Kier alpha value is -0.520. The van der Waals surface area contributed by atoms with Gasteiger partial charge in [-0.3, -0.25) is 0 Å². The Kier molecular flexibility index (Phi) is 4.63. The normalized spacial score (nSPS) is 16.5. The van der Waals surface area contributed by atoms with Gasteiger partial charge in [0.2, 0.25) is 0 Å². The van der Waals surface area contributed by atoms with Crippen molar-refractivity contribution < 1.29 is 0 Å². The number of rotatable bonds is 5. The Morgan fingerprint density at radius 1 is 1.07 bits per heavy atom. The molecule has 1 aliphatic rings. The topological polar surface area (TPSA) is 0 Å². The van der Waals surface area contributed by atoms with Gasteiger partial charge in [-0.1, -0.05) is 52.7 Å². The van der Waals surface area contributed by atoms with Crippen LogP contribution in [0.5, 0.6) is 0 Å². The monoisotopic (exact) mass is 206 g/mol. The van der Waals surface area contributed by atoms with Gasteiger partial charge in [0.25, 0.3) is 0 Å². The lowest BCUT2D eigenvalue weighted by Gasteiger charge is -2.20. The summed E-state index contributed by atoms with van der Waals surface area (Å²) in [6.07, 6.45) is 12.6. The van der Waals surface area contributed by atoms with Gasteiger partial charge in [-0.2, -0.15) is 0 Å². The summed E-state index contributed by atoms with van der Waals surface area (Å²) in [5.74, 6) is 0. The highest BCUT2D eigenvalue weighted by Crippen LogP contribution is 2.33. The smallest absolute Gasteiger partial charge is 0.0157 e. The highest BCUT2D eigenvalue weighted by Gasteiger charge is 2.17. The van der Waals surface area contributed by atoms with Gasteiger partial charge in [0.05, 0.1) is 0 Å². The van der Waals surface area contributed by atoms with Crippen molar-refractivity contribution >= 4 is 0 Å². The molecule has 15 heavy (non-hydrogen) atoms. The second kappa shape index (κ2) is 5.53. The van der Waals surface area contributed by atoms with E-state index in [2.05, 4.69) is 39.8 Å². The summed E-state index contributed by atoms with van der Waals surface area (Å²) in [5.41, 5.74) is 3.69. The van der Waals surface area contributed by atoms with Crippen molar-refractivity contribution in [1.29, 1.82) is 0 Å². The van der Waals surface area contributed by atoms with Crippen LogP contribution >= 0.6 is 0 Å². The fourth-order valence-corrected chi connectivity index (χ4v) is 2.19. The molecule has 0 unspecified atom stereocenters. The molecule has 0 nitrogen and oxygen atoms in total. The average Bonchev–Trinajstić information content (AvgIpc) is 2.50. The van der Waals surface area contributed by atoms with E-state index in [1.807, 2.05) is 0 Å². The van der Waals surface area contributed by atoms with E-state index < -0.39 is 0 Å². The van der Waals surface area contributed by atoms with Crippen LogP contribution in [0, 0.1) is 5.41 Å². The molecule has 0 heterocycles. The van der Waals surface area contributed by atoms with Crippen molar-refractivity contribution in [3.63, 3.8) is 0 Å². The number of hydrogen-bond acceptors (Lipinski definition) is 0. The molecule has 1 aliphatic carbocycles. The van der Waals surface area contributed by atoms with E-state index in [0.29, 0.717) is 5.41 Å². The minimum atomic E-state index is 0.431. The first-order valence-electron chi connectivity index (χ1n) is 6.41. The molecular formula is C15H26. The lowest BCUT2D eigenvalue weighted by Crippen LogP contribution is -2.06. The number of unbranched alkanes of at least 4 members (excludes halogenated alkanes) is 2. The van der Waals surface area contributed by atoms with Crippen molar-refractivity contribution in [3.8, 4) is 0 Å². The summed E-state index contributed by atoms with van der Waals surface area (Å²) in [4.78, 5) is 0. The molecule has 0 saturated carbocycles. The summed E-state index contributed by atoms with van der Waals surface area (Å²) < 4.78 is 0. The minimum absolute atomic E-state index is 0.431. The molecule has 0 aromatic carbocycles. The highest BCUT2D eigenvalue weighted by molar-refractivity contribution is 5.37. The van der Waals surface area contributed by atoms with Gasteiger partial charge in [0, 0.05) is 0 Å². The fourth-order valence-electron chi connectivity index (χ4n) is 2.19. The van der Waals surface area contributed by atoms with Crippen molar-refractivity contribution in [3.05, 3.63) is 23.3 Å². The molecular weight excluding hydrogens is 180 g/mol. The van der Waals surface area contributed by atoms with Crippen LogP contribution in [0.4, 0.5) is 0 Å². The SMILES string of the molecule is CCCCCC1=CCC=C1CC(C)(C)C. The van der Waals surface area contributed by atoms with Crippen LogP contribution in [0.1, 0.15) is 66.2 Å². The molecule has 0 aromatic heterocycles. The highest BCUT2D eigenvalue weighted by atomic mass is 14.2. The van der Waals surface area contributed by atoms with Crippen LogP contribution < -0.4 is 0 Å². The lowest BCUT2D eigenvalue weighted by atomic mass is 9.85. The van der Waals surface area contributed by atoms with Gasteiger partial charge in [-0.05, 0) is 42.2 Å². The second-order valence-electron chi connectivity index (χ2n) is 5.89. The largest absolute Gasteiger partial charge is 0.0772 e. The van der Waals surface area contributed by atoms with Crippen LogP contribution in [0.15, 0.2) is 23.3 Å². The third-order valence-corrected chi connectivity index (χ3v) is 2.91. The molecule has 1 rings (SSSR count). The predicted molar refractivity (Wildman–Crippen MR) is 69.0 cm³/mol. The summed E-state index contributed by atoms with van der Waals surface area (Å²) in [5, 5.41) is 0. The Bertz CT molecular complexity index is 248. The van der Waals surface area contributed by atoms with E-state index >= 15 is 0 Å². The van der Waals surface area contributed by atoms with E-state index in [9.17, 15) is 0 Å². The number of allylic oxidation sites excluding steroid dienone is 4. The summed E-state index contributed by atoms with van der Waals surface area (Å²) >= 11 is 0. The van der Waals surface area contributed by atoms with E-state index in [1.165, 1.54) is 38.5 Å². The Morgan fingerprint density at radius 3 is 2.33 bits per heavy atom. The Labute approximate surface area is 95.5 Å². The van der Waals surface area contributed by atoms with Crippen LogP contribution in [-0.2, 0) is 0 Å². The van der Waals surface area contributed by atoms with Crippen molar-refractivity contribution in [1.82, 2.24) is 0 Å². The van der Waals surface area contributed by atoms with E-state index in [-0.39, 0.29) is 0 Å². The van der Waals surface area contributed by atoms with E-state index in [4.69, 9.17) is 0 Å². The summed E-state index contributed by atoms with van der Waals surface area (Å²) in [7, 11) is 0. The zero-order chi connectivity index (χ0) is 11.3. The first-order valence-corrected chi connectivity index (χ1v) is 6.41. The van der Waals surface area contributed by atoms with Gasteiger partial charge >= 0.3 is 0 Å². The first kappa shape index (κ1) is 12.5. The molecule has 0 radical (unpaired) electrons. The van der Waals surface area contributed by atoms with E-state index in [0.717, 1.165) is 0 Å². The third-order valence-electron chi connectivity index (χ3n) is 2.91. The van der Waals surface area contributed by atoms with Crippen LogP contribution in [0.3, 0.4) is 0 Å². The molecule has 0 spiro atoms. The first-order chi connectivity index (χ1) is 7.03. The maximum atomic E-state index is 2.43. The molecule has 0 amide bonds. The van der Waals surface area contributed by atoms with Crippen LogP contribution in [-0.4, -0.2) is 0 Å². The molecule has 0 bridgehead atoms. The van der Waals surface area contributed by atoms with Crippen LogP contribution in [0.25, 0.3) is 0 Å². The number of hydrogen-bond donors (Lipinski definition) is 0. The maximum Gasteiger partial charge on any atom is -0.0157 e. The van der Waals surface area contributed by atoms with Gasteiger partial charge in [-0.15, -0.1) is 0 Å². The van der Waals surface area contributed by atoms with E-state index in [1.54, 1.807) is 11.1 Å². The second-order valence-corrected chi connectivity index (χ2v) is 5.89. The lowest BCUT2D eigenvalue weighted by molar-refractivity contribution is 0.410. The maximum absolute atomic E-state index is 2.43. The average molecular weight is 206 g/mol. The summed E-state index contributed by atoms with van der Waals surface area (Å²) in [6.45, 7) is 9.26. The zero-order valence-electron chi connectivity index (χ0n) is 10.9. The van der Waals surface area contributed by atoms with Gasteiger partial charge in [-0.25, -0.2) is 0 Å². The Morgan fingerprint density at radius 2 is 1.73 bits per heavy atom. The van der Waals surface area contributed by atoms with Gasteiger partial charge < -0.3 is 0 Å². The molecule has 0 aromatic rings. The molecule has 0 heteroatoms. The molecule has 86 valence electrons. The molecule has 0 N–H and O–H groups in total. The third kappa shape index (κ3) is 4.68. The van der Waals surface area contributed by atoms with Crippen molar-refractivity contribution in [2.75, 3.05) is 0 Å². The van der Waals surface area contributed by atoms with Crippen LogP contribution in [0.2, 0.25) is 0 Å². The fraction of sp³-hybridized carbons (Fsp3) is 0.733. The van der Waals surface area contributed by atoms with Crippen molar-refractivity contribution in [2.45, 2.75) is 66.2 Å². The predicted octanol–water partition coefficient (Wildman–Crippen LogP) is 5.26. The molecule has 0 atom stereocenters. The zero-order valence-corrected chi connectivity index (χ0v) is 10.9. The summed E-state index contributed by atoms with van der Waals surface area (Å²) in [6, 6.07) is 0. The quantitative estimate of drug-likeness (QED) is 0.538. The molecule has 0 saturated heterocycles. The Balaban J connectivity index is 2.42. The van der Waals surface area contributed by atoms with Gasteiger partial charge in [0.15, 0.2) is 0 Å². The minimum Gasteiger partial charge on any atom is -0.0772 e. The molecule has 0 fully saturated rings. The van der Waals surface area contributed by atoms with Crippen molar-refractivity contribution in [2.24, 2.45) is 5.41 Å². The van der Waals surface area contributed by atoms with Gasteiger partial charge in [0.1, 0.15) is 0 Å².